The van der Waals surface area contributed by atoms with Crippen molar-refractivity contribution in [1.29, 1.82) is 0 Å². The van der Waals surface area contributed by atoms with Crippen LogP contribution in [0.15, 0.2) is 66.9 Å². The van der Waals surface area contributed by atoms with E-state index in [1.807, 2.05) is 44.1 Å². The molecule has 2 aromatic carbocycles. The number of fused-ring (bicyclic) bond motifs is 1. The number of hydroxylamine groups is 2. The molecular formula is C25H30N5O4+. The minimum absolute atomic E-state index is 0.168. The van der Waals surface area contributed by atoms with Crippen LogP contribution in [-0.4, -0.2) is 65.3 Å². The molecule has 0 saturated carbocycles. The lowest BCUT2D eigenvalue weighted by Crippen LogP contribution is -2.77. The summed E-state index contributed by atoms with van der Waals surface area (Å²) in [6.45, 7) is 1.86. The molecule has 0 spiro atoms. The topological polar surface area (TPSA) is 90.7 Å². The molecule has 0 amide bonds. The molecule has 9 heteroatoms. The summed E-state index contributed by atoms with van der Waals surface area (Å²) in [6, 6.07) is 12.7. The Bertz CT molecular complexity index is 1180. The van der Waals surface area contributed by atoms with Gasteiger partial charge in [-0.3, -0.25) is 10.0 Å². The van der Waals surface area contributed by atoms with Crippen LogP contribution in [0.25, 0.3) is 0 Å². The van der Waals surface area contributed by atoms with Crippen molar-refractivity contribution in [2.75, 3.05) is 42.2 Å². The van der Waals surface area contributed by atoms with Gasteiger partial charge in [-0.15, -0.1) is 5.01 Å². The lowest BCUT2D eigenvalue weighted by Gasteiger charge is -2.51. The standard InChI is InChI=1S/C25H30N5O4/c1-4-23-28(33)21-12-11-20-17-22(21)30(23,34)29(20)25(13-5-6-14-27(25)15-16-31)24(32)18-7-9-19(10-8-18)26(2)3/h5-14,17,23,31,33-34H,4,15-16H2,1-3H3/q+1. The van der Waals surface area contributed by atoms with Gasteiger partial charge in [-0.2, -0.15) is 10.3 Å². The number of aliphatic hydroxyl groups is 1. The van der Waals surface area contributed by atoms with Crippen molar-refractivity contribution < 1.29 is 20.3 Å². The van der Waals surface area contributed by atoms with Gasteiger partial charge in [-0.25, -0.2) is 0 Å². The maximum absolute atomic E-state index is 14.4. The second-order valence-corrected chi connectivity index (χ2v) is 8.98. The smallest absolute Gasteiger partial charge is 0.247 e. The van der Waals surface area contributed by atoms with Crippen LogP contribution in [0.1, 0.15) is 23.7 Å². The van der Waals surface area contributed by atoms with Gasteiger partial charge in [0, 0.05) is 50.6 Å². The number of β-amino-alcohol motifs (C(OH)–C–C–N with tert-alkyl or cyclic N) is 1. The van der Waals surface area contributed by atoms with Crippen molar-refractivity contribution in [2.24, 2.45) is 0 Å². The van der Waals surface area contributed by atoms with E-state index in [-0.39, 0.29) is 18.9 Å². The molecule has 3 aliphatic rings. The van der Waals surface area contributed by atoms with E-state index in [1.54, 1.807) is 58.6 Å². The summed E-state index contributed by atoms with van der Waals surface area (Å²) in [7, 11) is 3.87. The molecule has 0 saturated heterocycles. The highest BCUT2D eigenvalue weighted by Gasteiger charge is 2.67. The number of anilines is 3. The Kier molecular flexibility index (Phi) is 5.18. The Balaban J connectivity index is 1.71. The van der Waals surface area contributed by atoms with Crippen LogP contribution in [-0.2, 0) is 0 Å². The van der Waals surface area contributed by atoms with Crippen LogP contribution in [0, 0.1) is 0 Å². The molecule has 3 heterocycles. The third-order valence-corrected chi connectivity index (χ3v) is 6.96. The number of quaternary nitrogens is 1. The number of Topliss-reactive ketones (excluding diaryl/α,β-unsaturated/α-hetero) is 1. The quantitative estimate of drug-likeness (QED) is 0.426. The first kappa shape index (κ1) is 22.4. The Labute approximate surface area is 198 Å². The van der Waals surface area contributed by atoms with E-state index in [2.05, 4.69) is 0 Å². The molecule has 0 aliphatic carbocycles. The van der Waals surface area contributed by atoms with Crippen molar-refractivity contribution in [3.8, 4) is 0 Å². The predicted octanol–water partition coefficient (Wildman–Crippen LogP) is 3.09. The number of carbonyl (C=O) groups excluding carboxylic acids is 1. The van der Waals surface area contributed by atoms with Crippen molar-refractivity contribution in [2.45, 2.75) is 25.2 Å². The Morgan fingerprint density at radius 2 is 1.88 bits per heavy atom. The zero-order chi connectivity index (χ0) is 24.3. The van der Waals surface area contributed by atoms with E-state index in [1.165, 1.54) is 0 Å². The number of ketones is 1. The largest absolute Gasteiger partial charge is 0.395 e. The van der Waals surface area contributed by atoms with E-state index in [0.717, 1.165) is 10.8 Å². The lowest BCUT2D eigenvalue weighted by atomic mass is 9.92. The highest BCUT2D eigenvalue weighted by molar-refractivity contribution is 6.08. The van der Waals surface area contributed by atoms with Crippen molar-refractivity contribution in [1.82, 2.24) is 9.66 Å². The monoisotopic (exact) mass is 464 g/mol. The van der Waals surface area contributed by atoms with Crippen molar-refractivity contribution in [3.05, 3.63) is 72.5 Å². The van der Waals surface area contributed by atoms with Crippen LogP contribution in [0.3, 0.4) is 0 Å². The van der Waals surface area contributed by atoms with Gasteiger partial charge in [-0.1, -0.05) is 13.0 Å². The van der Waals surface area contributed by atoms with Crippen LogP contribution in [0.5, 0.6) is 0 Å². The third-order valence-electron chi connectivity index (χ3n) is 6.96. The second-order valence-electron chi connectivity index (χ2n) is 8.98. The molecule has 0 fully saturated rings. The molecule has 2 bridgehead atoms. The molecule has 0 radical (unpaired) electrons. The summed E-state index contributed by atoms with van der Waals surface area (Å²) in [5.41, 5.74) is 1.60. The zero-order valence-electron chi connectivity index (χ0n) is 19.5. The van der Waals surface area contributed by atoms with Crippen LogP contribution in [0.2, 0.25) is 0 Å². The third kappa shape index (κ3) is 2.78. The summed E-state index contributed by atoms with van der Waals surface area (Å²) < 4.78 is -0.758. The first-order valence-corrected chi connectivity index (χ1v) is 11.4. The van der Waals surface area contributed by atoms with Gasteiger partial charge in [0.1, 0.15) is 11.4 Å². The number of carbonyl (C=O) groups is 1. The fraction of sp³-hybridized carbons (Fsp3) is 0.320. The minimum Gasteiger partial charge on any atom is -0.395 e. The lowest BCUT2D eigenvalue weighted by molar-refractivity contribution is -0.145. The molecule has 178 valence electrons. The normalized spacial score (nSPS) is 26.5. The van der Waals surface area contributed by atoms with Gasteiger partial charge in [-0.05, 0) is 53.3 Å². The van der Waals surface area contributed by atoms with E-state index in [0.29, 0.717) is 29.0 Å². The minimum atomic E-state index is -1.49. The number of rotatable bonds is 7. The molecule has 3 unspecified atom stereocenters. The highest BCUT2D eigenvalue weighted by Crippen LogP contribution is 2.56. The summed E-state index contributed by atoms with van der Waals surface area (Å²) in [5.74, 6) is -0.256. The molecular weight excluding hydrogens is 434 g/mol. The first-order chi connectivity index (χ1) is 16.3. The van der Waals surface area contributed by atoms with Gasteiger partial charge in [0.2, 0.25) is 23.3 Å². The number of aliphatic hydroxyl groups excluding tert-OH is 1. The second kappa shape index (κ2) is 7.85. The maximum Gasteiger partial charge on any atom is 0.247 e. The van der Waals surface area contributed by atoms with Gasteiger partial charge >= 0.3 is 0 Å². The fourth-order valence-electron chi connectivity index (χ4n) is 5.37. The zero-order valence-corrected chi connectivity index (χ0v) is 19.5. The van der Waals surface area contributed by atoms with Gasteiger partial charge < -0.3 is 14.9 Å². The molecule has 2 aromatic rings. The van der Waals surface area contributed by atoms with E-state index in [9.17, 15) is 20.3 Å². The number of allylic oxidation sites excluding steroid dienone is 2. The number of benzene rings is 2. The van der Waals surface area contributed by atoms with E-state index >= 15 is 0 Å². The van der Waals surface area contributed by atoms with Crippen LogP contribution >= 0.6 is 0 Å². The summed E-state index contributed by atoms with van der Waals surface area (Å²) in [6.07, 6.45) is 6.77. The first-order valence-electron chi connectivity index (χ1n) is 11.4. The summed E-state index contributed by atoms with van der Waals surface area (Å²) in [4.78, 5) is 18.1. The number of nitrogens with zero attached hydrogens (tertiary/aromatic N) is 5. The molecule has 3 aliphatic heterocycles. The molecule has 3 atom stereocenters. The van der Waals surface area contributed by atoms with Gasteiger partial charge in [0.25, 0.3) is 0 Å². The Morgan fingerprint density at radius 3 is 2.53 bits per heavy atom. The Morgan fingerprint density at radius 1 is 1.15 bits per heavy atom. The Hall–Kier alpha value is -3.37. The highest BCUT2D eigenvalue weighted by atomic mass is 16.6. The average molecular weight is 465 g/mol. The summed E-state index contributed by atoms with van der Waals surface area (Å²) >= 11 is 0. The van der Waals surface area contributed by atoms with Crippen LogP contribution in [0.4, 0.5) is 22.7 Å². The van der Waals surface area contributed by atoms with Crippen LogP contribution < -0.4 is 19.7 Å². The van der Waals surface area contributed by atoms with Crippen molar-refractivity contribution >= 4 is 28.5 Å². The van der Waals surface area contributed by atoms with E-state index < -0.39 is 16.6 Å². The molecule has 3 N–H and O–H groups in total. The average Bonchev–Trinajstić information content (AvgIpc) is 3.19. The SMILES string of the molecule is CCC1N(O)c2ccc3cc2[N+]1(O)N3C1(C(=O)c2ccc(N(C)C)cc2)C=CC=CN1CCO. The molecule has 0 aromatic heterocycles. The number of hydrogen-bond acceptors (Lipinski definition) is 8. The maximum atomic E-state index is 14.4. The predicted molar refractivity (Wildman–Crippen MR) is 131 cm³/mol. The molecule has 5 rings (SSSR count). The number of hydrogen-bond donors (Lipinski definition) is 3. The summed E-state index contributed by atoms with van der Waals surface area (Å²) in [5, 5.41) is 35.7. The molecule has 9 nitrogen and oxygen atoms in total. The van der Waals surface area contributed by atoms with Crippen molar-refractivity contribution in [3.63, 3.8) is 0 Å². The van der Waals surface area contributed by atoms with Gasteiger partial charge in [0.05, 0.1) is 6.61 Å². The molecule has 34 heavy (non-hydrogen) atoms. The van der Waals surface area contributed by atoms with E-state index in [4.69, 9.17) is 0 Å². The fourth-order valence-corrected chi connectivity index (χ4v) is 5.37. The van der Waals surface area contributed by atoms with Gasteiger partial charge in [0.15, 0.2) is 0 Å².